The van der Waals surface area contributed by atoms with Gasteiger partial charge in [0.25, 0.3) is 0 Å². The van der Waals surface area contributed by atoms with Crippen molar-refractivity contribution in [2.75, 3.05) is 20.2 Å². The number of likely N-dealkylation sites (N-methyl/N-ethyl adjacent to an activating group) is 1. The maximum Gasteiger partial charge on any atom is 0.314 e. The quantitative estimate of drug-likeness (QED) is 0.628. The fourth-order valence-corrected chi connectivity index (χ4v) is 0.982. The molecule has 0 spiro atoms. The first kappa shape index (κ1) is 14.7. The Bertz CT molecular complexity index is 243. The number of amides is 2. The number of rotatable bonds is 6. The maximum absolute atomic E-state index is 11.2. The topological polar surface area (TPSA) is 92.9 Å². The van der Waals surface area contributed by atoms with E-state index in [4.69, 9.17) is 10.5 Å². The number of aliphatic hydroxyl groups excluding tert-OH is 1. The lowest BCUT2D eigenvalue weighted by atomic mass is 10.2. The molecule has 0 aliphatic heterocycles. The van der Waals surface area contributed by atoms with Gasteiger partial charge in [-0.15, -0.1) is 0 Å². The molecule has 0 aliphatic rings. The predicted octanol–water partition coefficient (Wildman–Crippen LogP) is -0.0529. The van der Waals surface area contributed by atoms with E-state index in [2.05, 4.69) is 0 Å². The normalized spacial score (nSPS) is 12.3. The molecule has 0 aliphatic carbocycles. The smallest absolute Gasteiger partial charge is 0.314 e. The van der Waals surface area contributed by atoms with Crippen LogP contribution < -0.4 is 5.73 Å². The number of aliphatic hydroxyl groups is 1. The van der Waals surface area contributed by atoms with E-state index in [1.54, 1.807) is 0 Å². The monoisotopic (exact) mass is 232 g/mol. The summed E-state index contributed by atoms with van der Waals surface area (Å²) in [6, 6.07) is -0.644. The highest BCUT2D eigenvalue weighted by Gasteiger charge is 2.15. The Kier molecular flexibility index (Phi) is 6.48. The number of urea groups is 1. The third kappa shape index (κ3) is 7.05. The second-order valence-corrected chi connectivity index (χ2v) is 4.15. The summed E-state index contributed by atoms with van der Waals surface area (Å²) < 4.78 is 4.88. The molecule has 0 bridgehead atoms. The Balaban J connectivity index is 3.82. The van der Waals surface area contributed by atoms with Crippen molar-refractivity contribution in [1.29, 1.82) is 0 Å². The number of hydrogen-bond acceptors (Lipinski definition) is 4. The van der Waals surface area contributed by atoms with Crippen LogP contribution in [0.4, 0.5) is 4.79 Å². The molecule has 16 heavy (non-hydrogen) atoms. The molecule has 94 valence electrons. The Hall–Kier alpha value is -1.30. The van der Waals surface area contributed by atoms with E-state index in [1.807, 2.05) is 13.8 Å². The lowest BCUT2D eigenvalue weighted by molar-refractivity contribution is -0.147. The number of nitrogens with zero attached hydrogens (tertiary/aromatic N) is 1. The standard InChI is InChI=1S/C10H20N2O4/c1-7(2)6-16-9(14)4-8(13)5-12(3)10(11)15/h7-8,13H,4-6H2,1-3H3,(H2,11,15). The molecule has 0 aromatic rings. The predicted molar refractivity (Wildman–Crippen MR) is 58.6 cm³/mol. The summed E-state index contributed by atoms with van der Waals surface area (Å²) in [5, 5.41) is 9.45. The van der Waals surface area contributed by atoms with Crippen LogP contribution >= 0.6 is 0 Å². The lowest BCUT2D eigenvalue weighted by Gasteiger charge is -2.18. The van der Waals surface area contributed by atoms with E-state index in [0.717, 1.165) is 4.90 Å². The Labute approximate surface area is 95.4 Å². The van der Waals surface area contributed by atoms with Crippen molar-refractivity contribution in [1.82, 2.24) is 4.90 Å². The molecule has 0 aromatic carbocycles. The summed E-state index contributed by atoms with van der Waals surface area (Å²) in [7, 11) is 1.45. The van der Waals surface area contributed by atoms with Crippen molar-refractivity contribution in [3.8, 4) is 0 Å². The van der Waals surface area contributed by atoms with Crippen LogP contribution in [0.5, 0.6) is 0 Å². The minimum absolute atomic E-state index is 0.0200. The summed E-state index contributed by atoms with van der Waals surface area (Å²) >= 11 is 0. The summed E-state index contributed by atoms with van der Waals surface area (Å²) in [6.07, 6.45) is -1.08. The highest BCUT2D eigenvalue weighted by atomic mass is 16.5. The highest BCUT2D eigenvalue weighted by Crippen LogP contribution is 2.00. The van der Waals surface area contributed by atoms with E-state index in [1.165, 1.54) is 7.05 Å². The highest BCUT2D eigenvalue weighted by molar-refractivity contribution is 5.72. The fourth-order valence-electron chi connectivity index (χ4n) is 0.982. The maximum atomic E-state index is 11.2. The van der Waals surface area contributed by atoms with Crippen molar-refractivity contribution in [2.24, 2.45) is 11.7 Å². The number of carbonyl (C=O) groups is 2. The van der Waals surface area contributed by atoms with Gasteiger partial charge in [-0.3, -0.25) is 4.79 Å². The molecule has 0 radical (unpaired) electrons. The second-order valence-electron chi connectivity index (χ2n) is 4.15. The first-order valence-corrected chi connectivity index (χ1v) is 5.17. The van der Waals surface area contributed by atoms with Gasteiger partial charge in [0.05, 0.1) is 19.1 Å². The van der Waals surface area contributed by atoms with Crippen molar-refractivity contribution in [3.05, 3.63) is 0 Å². The molecule has 2 amide bonds. The van der Waals surface area contributed by atoms with E-state index < -0.39 is 18.1 Å². The lowest BCUT2D eigenvalue weighted by Crippen LogP contribution is -2.38. The van der Waals surface area contributed by atoms with Gasteiger partial charge in [0, 0.05) is 13.6 Å². The Morgan fingerprint density at radius 3 is 2.44 bits per heavy atom. The average molecular weight is 232 g/mol. The molecule has 6 heteroatoms. The van der Waals surface area contributed by atoms with Crippen LogP contribution in [0.3, 0.4) is 0 Å². The van der Waals surface area contributed by atoms with Crippen molar-refractivity contribution in [2.45, 2.75) is 26.4 Å². The van der Waals surface area contributed by atoms with Crippen LogP contribution in [-0.2, 0) is 9.53 Å². The van der Waals surface area contributed by atoms with Gasteiger partial charge in [-0.05, 0) is 5.92 Å². The number of carbonyl (C=O) groups excluding carboxylic acids is 2. The second kappa shape index (κ2) is 7.05. The molecule has 0 aromatic heterocycles. The molecular weight excluding hydrogens is 212 g/mol. The van der Waals surface area contributed by atoms with Gasteiger partial charge in [-0.2, -0.15) is 0 Å². The Morgan fingerprint density at radius 2 is 2.00 bits per heavy atom. The van der Waals surface area contributed by atoms with Crippen molar-refractivity contribution >= 4 is 12.0 Å². The molecule has 1 unspecified atom stereocenters. The van der Waals surface area contributed by atoms with Crippen LogP contribution in [-0.4, -0.2) is 48.3 Å². The molecule has 3 N–H and O–H groups in total. The van der Waals surface area contributed by atoms with E-state index in [-0.39, 0.29) is 18.9 Å². The van der Waals surface area contributed by atoms with Crippen LogP contribution in [0.2, 0.25) is 0 Å². The third-order valence-corrected chi connectivity index (χ3v) is 1.84. The van der Waals surface area contributed by atoms with E-state index in [0.29, 0.717) is 6.61 Å². The van der Waals surface area contributed by atoms with Crippen LogP contribution in [0.25, 0.3) is 0 Å². The molecular formula is C10H20N2O4. The largest absolute Gasteiger partial charge is 0.465 e. The van der Waals surface area contributed by atoms with Gasteiger partial charge in [-0.1, -0.05) is 13.8 Å². The fraction of sp³-hybridized carbons (Fsp3) is 0.800. The average Bonchev–Trinajstić information content (AvgIpc) is 2.14. The van der Waals surface area contributed by atoms with Gasteiger partial charge < -0.3 is 20.5 Å². The van der Waals surface area contributed by atoms with Gasteiger partial charge in [-0.25, -0.2) is 4.79 Å². The van der Waals surface area contributed by atoms with Crippen molar-refractivity contribution < 1.29 is 19.4 Å². The van der Waals surface area contributed by atoms with Gasteiger partial charge in [0.2, 0.25) is 0 Å². The third-order valence-electron chi connectivity index (χ3n) is 1.84. The zero-order chi connectivity index (χ0) is 12.7. The summed E-state index contributed by atoms with van der Waals surface area (Å²) in [4.78, 5) is 23.0. The SMILES string of the molecule is CC(C)COC(=O)CC(O)CN(C)C(N)=O. The Morgan fingerprint density at radius 1 is 1.44 bits per heavy atom. The molecule has 1 atom stereocenters. The summed E-state index contributed by atoms with van der Waals surface area (Å²) in [6.45, 7) is 4.19. The van der Waals surface area contributed by atoms with Crippen LogP contribution in [0.15, 0.2) is 0 Å². The summed E-state index contributed by atoms with van der Waals surface area (Å²) in [5.74, 6) is -0.214. The molecule has 0 saturated carbocycles. The van der Waals surface area contributed by atoms with Gasteiger partial charge in [0.1, 0.15) is 0 Å². The molecule has 0 heterocycles. The number of ether oxygens (including phenoxy) is 1. The number of esters is 1. The van der Waals surface area contributed by atoms with E-state index >= 15 is 0 Å². The van der Waals surface area contributed by atoms with Crippen LogP contribution in [0.1, 0.15) is 20.3 Å². The minimum atomic E-state index is -0.947. The van der Waals surface area contributed by atoms with Gasteiger partial charge in [0.15, 0.2) is 0 Å². The first-order valence-electron chi connectivity index (χ1n) is 5.17. The molecule has 0 saturated heterocycles. The first-order chi connectivity index (χ1) is 7.32. The molecule has 6 nitrogen and oxygen atoms in total. The minimum Gasteiger partial charge on any atom is -0.465 e. The number of nitrogens with two attached hydrogens (primary N) is 1. The zero-order valence-electron chi connectivity index (χ0n) is 9.97. The number of hydrogen-bond donors (Lipinski definition) is 2. The zero-order valence-corrected chi connectivity index (χ0v) is 9.97. The summed E-state index contributed by atoms with van der Waals surface area (Å²) in [5.41, 5.74) is 4.97. The van der Waals surface area contributed by atoms with Gasteiger partial charge >= 0.3 is 12.0 Å². The van der Waals surface area contributed by atoms with Crippen LogP contribution in [0, 0.1) is 5.92 Å². The molecule has 0 rings (SSSR count). The van der Waals surface area contributed by atoms with E-state index in [9.17, 15) is 14.7 Å². The van der Waals surface area contributed by atoms with Crippen molar-refractivity contribution in [3.63, 3.8) is 0 Å². The number of primary amides is 1. The molecule has 0 fully saturated rings.